The number of carboxylic acids is 1. The average molecular weight is 334 g/mol. The Labute approximate surface area is 119 Å². The summed E-state index contributed by atoms with van der Waals surface area (Å²) < 4.78 is 1.02. The third-order valence-electron chi connectivity index (χ3n) is 2.95. The van der Waals surface area contributed by atoms with Crippen LogP contribution in [0.4, 0.5) is 0 Å². The number of carbonyl (C=O) groups excluding carboxylic acids is 1. The van der Waals surface area contributed by atoms with Crippen molar-refractivity contribution >= 4 is 39.1 Å². The Bertz CT molecular complexity index is 446. The van der Waals surface area contributed by atoms with Crippen LogP contribution in [0.15, 0.2) is 15.2 Å². The Morgan fingerprint density at radius 2 is 2.06 bits per heavy atom. The molecule has 0 saturated carbocycles. The summed E-state index contributed by atoms with van der Waals surface area (Å²) in [6.07, 6.45) is 0. The molecule has 4 nitrogen and oxygen atoms in total. The average Bonchev–Trinajstić information content (AvgIpc) is 2.71. The van der Waals surface area contributed by atoms with Crippen LogP contribution in [0.3, 0.4) is 0 Å². The highest BCUT2D eigenvalue weighted by Gasteiger charge is 2.28. The van der Waals surface area contributed by atoms with Gasteiger partial charge in [-0.25, -0.2) is 0 Å². The lowest BCUT2D eigenvalue weighted by Gasteiger charge is -2.23. The smallest absolute Gasteiger partial charge is 0.307 e. The van der Waals surface area contributed by atoms with Gasteiger partial charge in [0.2, 0.25) is 5.91 Å². The quantitative estimate of drug-likeness (QED) is 0.901. The van der Waals surface area contributed by atoms with Crippen molar-refractivity contribution in [3.63, 3.8) is 0 Å². The molecule has 1 amide bonds. The summed E-state index contributed by atoms with van der Waals surface area (Å²) in [5.41, 5.74) is 1.04. The molecule has 0 aliphatic rings. The Hall–Kier alpha value is -0.880. The van der Waals surface area contributed by atoms with Crippen molar-refractivity contribution in [3.8, 4) is 0 Å². The van der Waals surface area contributed by atoms with Gasteiger partial charge in [-0.05, 0) is 32.9 Å². The Morgan fingerprint density at radius 3 is 2.50 bits per heavy atom. The molecule has 0 fully saturated rings. The first-order valence-corrected chi connectivity index (χ1v) is 7.21. The number of aliphatic carboxylic acids is 1. The van der Waals surface area contributed by atoms with Gasteiger partial charge in [-0.2, -0.15) is 0 Å². The summed E-state index contributed by atoms with van der Waals surface area (Å²) in [7, 11) is 1.69. The first kappa shape index (κ1) is 15.2. The number of hydrogen-bond donors (Lipinski definition) is 1. The summed E-state index contributed by atoms with van der Waals surface area (Å²) in [4.78, 5) is 24.5. The summed E-state index contributed by atoms with van der Waals surface area (Å²) in [6.45, 7) is 3.71. The van der Waals surface area contributed by atoms with Gasteiger partial charge in [0, 0.05) is 19.5 Å². The maximum absolute atomic E-state index is 12.1. The summed E-state index contributed by atoms with van der Waals surface area (Å²) in [5.74, 6) is -2.28. The van der Waals surface area contributed by atoms with Crippen LogP contribution in [0.1, 0.15) is 19.4 Å². The van der Waals surface area contributed by atoms with E-state index in [1.807, 2.05) is 11.4 Å². The van der Waals surface area contributed by atoms with Crippen LogP contribution in [-0.2, 0) is 16.1 Å². The van der Waals surface area contributed by atoms with Gasteiger partial charge in [0.05, 0.1) is 9.70 Å². The Balaban J connectivity index is 2.63. The Morgan fingerprint density at radius 1 is 1.44 bits per heavy atom. The second-order valence-electron chi connectivity index (χ2n) is 4.37. The van der Waals surface area contributed by atoms with Gasteiger partial charge >= 0.3 is 5.97 Å². The summed E-state index contributed by atoms with van der Waals surface area (Å²) in [5, 5.41) is 10.9. The molecule has 1 aromatic heterocycles. The van der Waals surface area contributed by atoms with E-state index in [-0.39, 0.29) is 5.91 Å². The zero-order valence-corrected chi connectivity index (χ0v) is 12.9. The number of carbonyl (C=O) groups is 2. The van der Waals surface area contributed by atoms with Crippen LogP contribution in [-0.4, -0.2) is 28.9 Å². The van der Waals surface area contributed by atoms with E-state index in [4.69, 9.17) is 5.11 Å². The topological polar surface area (TPSA) is 57.6 Å². The van der Waals surface area contributed by atoms with Crippen molar-refractivity contribution in [1.29, 1.82) is 0 Å². The minimum absolute atomic E-state index is 0.146. The fraction of sp³-hybridized carbons (Fsp3) is 0.500. The highest BCUT2D eigenvalue weighted by Crippen LogP contribution is 2.22. The molecule has 100 valence electrons. The second kappa shape index (κ2) is 6.33. The molecule has 0 radical (unpaired) electrons. The molecule has 1 N–H and O–H groups in total. The molecular weight excluding hydrogens is 318 g/mol. The lowest BCUT2D eigenvalue weighted by Crippen LogP contribution is -2.36. The molecule has 1 heterocycles. The first-order valence-electron chi connectivity index (χ1n) is 5.53. The van der Waals surface area contributed by atoms with E-state index < -0.39 is 17.8 Å². The van der Waals surface area contributed by atoms with Gasteiger partial charge in [-0.3, -0.25) is 9.59 Å². The molecular formula is C12H16BrNO3S. The normalized spacial score (nSPS) is 14.0. The van der Waals surface area contributed by atoms with Crippen LogP contribution in [0.5, 0.6) is 0 Å². The maximum Gasteiger partial charge on any atom is 0.307 e. The molecule has 2 atom stereocenters. The van der Waals surface area contributed by atoms with Crippen molar-refractivity contribution in [2.75, 3.05) is 7.05 Å². The zero-order valence-electron chi connectivity index (χ0n) is 10.5. The van der Waals surface area contributed by atoms with Gasteiger partial charge in [0.25, 0.3) is 0 Å². The predicted octanol–water partition coefficient (Wildman–Crippen LogP) is 2.83. The number of amides is 1. The third-order valence-corrected chi connectivity index (χ3v) is 4.50. The minimum atomic E-state index is -0.942. The molecule has 0 aliphatic heterocycles. The van der Waals surface area contributed by atoms with Gasteiger partial charge in [-0.15, -0.1) is 11.3 Å². The van der Waals surface area contributed by atoms with E-state index >= 15 is 0 Å². The van der Waals surface area contributed by atoms with Crippen molar-refractivity contribution in [3.05, 3.63) is 20.8 Å². The molecule has 0 aliphatic carbocycles. The van der Waals surface area contributed by atoms with Crippen LogP contribution >= 0.6 is 27.3 Å². The van der Waals surface area contributed by atoms with Crippen LogP contribution in [0, 0.1) is 11.8 Å². The van der Waals surface area contributed by atoms with Crippen LogP contribution in [0.2, 0.25) is 0 Å². The maximum atomic E-state index is 12.1. The van der Waals surface area contributed by atoms with Gasteiger partial charge in [0.1, 0.15) is 0 Å². The van der Waals surface area contributed by atoms with Crippen molar-refractivity contribution < 1.29 is 14.7 Å². The number of carboxylic acid groups (broad SMARTS) is 1. The molecule has 1 rings (SSSR count). The number of halogens is 1. The molecule has 2 unspecified atom stereocenters. The van der Waals surface area contributed by atoms with E-state index in [1.54, 1.807) is 37.1 Å². The van der Waals surface area contributed by atoms with Gasteiger partial charge < -0.3 is 10.0 Å². The number of rotatable bonds is 5. The number of thiophene rings is 1. The fourth-order valence-corrected chi connectivity index (χ4v) is 2.76. The molecule has 6 heteroatoms. The molecule has 18 heavy (non-hydrogen) atoms. The minimum Gasteiger partial charge on any atom is -0.481 e. The van der Waals surface area contributed by atoms with Gasteiger partial charge in [-0.1, -0.05) is 13.8 Å². The summed E-state index contributed by atoms with van der Waals surface area (Å²) >= 11 is 4.93. The third kappa shape index (κ3) is 3.81. The predicted molar refractivity (Wildman–Crippen MR) is 74.5 cm³/mol. The van der Waals surface area contributed by atoms with Crippen molar-refractivity contribution in [2.45, 2.75) is 20.4 Å². The SMILES string of the molecule is CC(C(=O)O)C(C)C(=O)N(C)Cc1csc(Br)c1. The van der Waals surface area contributed by atoms with E-state index in [9.17, 15) is 9.59 Å². The molecule has 0 aromatic carbocycles. The highest BCUT2D eigenvalue weighted by atomic mass is 79.9. The van der Waals surface area contributed by atoms with Gasteiger partial charge in [0.15, 0.2) is 0 Å². The summed E-state index contributed by atoms with van der Waals surface area (Å²) in [6, 6.07) is 1.96. The molecule has 0 spiro atoms. The van der Waals surface area contributed by atoms with Crippen molar-refractivity contribution in [1.82, 2.24) is 4.90 Å². The van der Waals surface area contributed by atoms with Crippen LogP contribution in [0.25, 0.3) is 0 Å². The molecule has 0 saturated heterocycles. The van der Waals surface area contributed by atoms with E-state index in [2.05, 4.69) is 15.9 Å². The van der Waals surface area contributed by atoms with E-state index in [1.165, 1.54) is 0 Å². The monoisotopic (exact) mass is 333 g/mol. The fourth-order valence-electron chi connectivity index (χ4n) is 1.56. The lowest BCUT2D eigenvalue weighted by molar-refractivity contribution is -0.148. The molecule has 1 aromatic rings. The number of nitrogens with zero attached hydrogens (tertiary/aromatic N) is 1. The standard InChI is InChI=1S/C12H16BrNO3S/c1-7(8(2)12(16)17)11(15)14(3)5-9-4-10(13)18-6-9/h4,6-8H,5H2,1-3H3,(H,16,17). The van der Waals surface area contributed by atoms with Crippen molar-refractivity contribution in [2.24, 2.45) is 11.8 Å². The largest absolute Gasteiger partial charge is 0.481 e. The highest BCUT2D eigenvalue weighted by molar-refractivity contribution is 9.11. The van der Waals surface area contributed by atoms with Crippen LogP contribution < -0.4 is 0 Å². The van der Waals surface area contributed by atoms with E-state index in [0.717, 1.165) is 9.35 Å². The Kier molecular flexibility index (Phi) is 5.34. The first-order chi connectivity index (χ1) is 8.32. The van der Waals surface area contributed by atoms with E-state index in [0.29, 0.717) is 6.54 Å². The second-order valence-corrected chi connectivity index (χ2v) is 6.66. The lowest BCUT2D eigenvalue weighted by atomic mass is 9.95. The molecule has 0 bridgehead atoms. The number of hydrogen-bond acceptors (Lipinski definition) is 3. The zero-order chi connectivity index (χ0) is 13.9.